The first-order valence-corrected chi connectivity index (χ1v) is 10.5. The van der Waals surface area contributed by atoms with Crippen LogP contribution in [0.3, 0.4) is 0 Å². The summed E-state index contributed by atoms with van der Waals surface area (Å²) in [4.78, 5) is 4.33. The standard InChI is InChI=1S/C21H20N4O2S/c26-28(27,19-7-2-1-3-8-19)24-14-16-5-4-6-18(13-16)21-20(15-23-25-21)17-9-11-22-12-10-17/h1-12,15,18,24H,13-14H2,(H,23,25). The average Bonchev–Trinajstić information content (AvgIpc) is 3.24. The molecule has 1 unspecified atom stereocenters. The number of rotatable bonds is 6. The Bertz CT molecular complexity index is 1100. The maximum Gasteiger partial charge on any atom is 0.240 e. The minimum Gasteiger partial charge on any atom is -0.281 e. The summed E-state index contributed by atoms with van der Waals surface area (Å²) >= 11 is 0. The molecule has 1 aliphatic rings. The molecular weight excluding hydrogens is 372 g/mol. The Morgan fingerprint density at radius 3 is 2.68 bits per heavy atom. The van der Waals surface area contributed by atoms with Crippen molar-refractivity contribution < 1.29 is 8.42 Å². The SMILES string of the molecule is O=S(=O)(NCC1=CC=CC(c2[nH]ncc2-c2ccncc2)C1)c1ccccc1. The van der Waals surface area contributed by atoms with Crippen LogP contribution in [-0.4, -0.2) is 30.1 Å². The van der Waals surface area contributed by atoms with E-state index in [2.05, 4.69) is 26.0 Å². The average molecular weight is 392 g/mol. The quantitative estimate of drug-likeness (QED) is 0.673. The lowest BCUT2D eigenvalue weighted by Crippen LogP contribution is -2.26. The summed E-state index contributed by atoms with van der Waals surface area (Å²) in [6.45, 7) is 0.275. The molecule has 2 heterocycles. The molecular formula is C21H20N4O2S. The predicted molar refractivity (Wildman–Crippen MR) is 108 cm³/mol. The molecule has 142 valence electrons. The van der Waals surface area contributed by atoms with Crippen molar-refractivity contribution in [1.29, 1.82) is 0 Å². The Morgan fingerprint density at radius 2 is 1.89 bits per heavy atom. The van der Waals surface area contributed by atoms with Crippen molar-refractivity contribution in [2.45, 2.75) is 17.2 Å². The van der Waals surface area contributed by atoms with E-state index in [0.717, 1.165) is 22.4 Å². The van der Waals surface area contributed by atoms with E-state index in [1.165, 1.54) is 0 Å². The molecule has 0 bridgehead atoms. The minimum atomic E-state index is -3.52. The van der Waals surface area contributed by atoms with E-state index in [1.807, 2.05) is 30.5 Å². The van der Waals surface area contributed by atoms with Gasteiger partial charge in [0.05, 0.1) is 16.8 Å². The first kappa shape index (κ1) is 18.3. The second-order valence-corrected chi connectivity index (χ2v) is 8.36. The molecule has 1 aromatic carbocycles. The molecule has 0 amide bonds. The Balaban J connectivity index is 1.47. The first-order valence-electron chi connectivity index (χ1n) is 8.98. The van der Waals surface area contributed by atoms with Crippen molar-refractivity contribution >= 4 is 10.0 Å². The van der Waals surface area contributed by atoms with Gasteiger partial charge in [-0.05, 0) is 36.2 Å². The van der Waals surface area contributed by atoms with Gasteiger partial charge in [0, 0.05) is 30.4 Å². The van der Waals surface area contributed by atoms with Gasteiger partial charge in [0.15, 0.2) is 0 Å². The third-order valence-corrected chi connectivity index (χ3v) is 6.15. The number of hydrogen-bond acceptors (Lipinski definition) is 4. The lowest BCUT2D eigenvalue weighted by molar-refractivity contribution is 0.583. The number of sulfonamides is 1. The van der Waals surface area contributed by atoms with E-state index in [-0.39, 0.29) is 17.4 Å². The lowest BCUT2D eigenvalue weighted by atomic mass is 9.88. The third kappa shape index (κ3) is 3.95. The van der Waals surface area contributed by atoms with E-state index in [1.54, 1.807) is 42.7 Å². The van der Waals surface area contributed by atoms with Gasteiger partial charge in [0.2, 0.25) is 10.0 Å². The number of H-pyrrole nitrogens is 1. The smallest absolute Gasteiger partial charge is 0.240 e. The fourth-order valence-corrected chi connectivity index (χ4v) is 4.34. The van der Waals surface area contributed by atoms with Gasteiger partial charge in [-0.2, -0.15) is 5.10 Å². The molecule has 28 heavy (non-hydrogen) atoms. The van der Waals surface area contributed by atoms with Crippen molar-refractivity contribution in [2.75, 3.05) is 6.54 Å². The number of benzene rings is 1. The summed E-state index contributed by atoms with van der Waals surface area (Å²) in [6, 6.07) is 12.3. The monoisotopic (exact) mass is 392 g/mol. The minimum absolute atomic E-state index is 0.104. The molecule has 1 atom stereocenters. The molecule has 2 aromatic heterocycles. The van der Waals surface area contributed by atoms with Crippen LogP contribution in [0.25, 0.3) is 11.1 Å². The third-order valence-electron chi connectivity index (χ3n) is 4.73. The topological polar surface area (TPSA) is 87.7 Å². The summed E-state index contributed by atoms with van der Waals surface area (Å²) in [5, 5.41) is 7.32. The van der Waals surface area contributed by atoms with Crippen LogP contribution in [0.5, 0.6) is 0 Å². The molecule has 0 fully saturated rings. The van der Waals surface area contributed by atoms with Gasteiger partial charge in [0.1, 0.15) is 0 Å². The van der Waals surface area contributed by atoms with Crippen LogP contribution in [0.15, 0.2) is 89.8 Å². The fourth-order valence-electron chi connectivity index (χ4n) is 3.28. The molecule has 0 saturated heterocycles. The van der Waals surface area contributed by atoms with E-state index in [9.17, 15) is 8.42 Å². The number of nitrogens with one attached hydrogen (secondary N) is 2. The number of aromatic amines is 1. The Kier molecular flexibility index (Phi) is 5.18. The van der Waals surface area contributed by atoms with E-state index < -0.39 is 10.0 Å². The molecule has 6 nitrogen and oxygen atoms in total. The van der Waals surface area contributed by atoms with Crippen molar-refractivity contribution in [2.24, 2.45) is 0 Å². The highest BCUT2D eigenvalue weighted by Gasteiger charge is 2.21. The summed E-state index contributed by atoms with van der Waals surface area (Å²) in [6.07, 6.45) is 12.1. The molecule has 3 aromatic rings. The van der Waals surface area contributed by atoms with Gasteiger partial charge >= 0.3 is 0 Å². The molecule has 0 radical (unpaired) electrons. The van der Waals surface area contributed by atoms with Crippen LogP contribution < -0.4 is 4.72 Å². The molecule has 0 aliphatic heterocycles. The molecule has 0 spiro atoms. The van der Waals surface area contributed by atoms with Crippen LogP contribution in [0, 0.1) is 0 Å². The zero-order valence-corrected chi connectivity index (χ0v) is 15.9. The maximum atomic E-state index is 12.4. The van der Waals surface area contributed by atoms with Crippen molar-refractivity contribution in [3.05, 3.63) is 90.6 Å². The van der Waals surface area contributed by atoms with E-state index in [0.29, 0.717) is 6.42 Å². The van der Waals surface area contributed by atoms with Gasteiger partial charge < -0.3 is 0 Å². The normalized spacial score (nSPS) is 16.7. The largest absolute Gasteiger partial charge is 0.281 e. The number of allylic oxidation sites excluding steroid dienone is 3. The highest BCUT2D eigenvalue weighted by Crippen LogP contribution is 2.33. The number of nitrogens with zero attached hydrogens (tertiary/aromatic N) is 2. The highest BCUT2D eigenvalue weighted by molar-refractivity contribution is 7.89. The van der Waals surface area contributed by atoms with Gasteiger partial charge in [0.25, 0.3) is 0 Å². The summed E-state index contributed by atoms with van der Waals surface area (Å²) in [5.41, 5.74) is 4.11. The van der Waals surface area contributed by atoms with Crippen molar-refractivity contribution in [1.82, 2.24) is 19.9 Å². The van der Waals surface area contributed by atoms with Crippen LogP contribution in [0.2, 0.25) is 0 Å². The zero-order valence-electron chi connectivity index (χ0n) is 15.1. The van der Waals surface area contributed by atoms with E-state index >= 15 is 0 Å². The van der Waals surface area contributed by atoms with Gasteiger partial charge in [-0.3, -0.25) is 10.1 Å². The number of hydrogen-bond donors (Lipinski definition) is 2. The fraction of sp³-hybridized carbons (Fsp3) is 0.143. The van der Waals surface area contributed by atoms with Crippen LogP contribution in [0.1, 0.15) is 18.0 Å². The second kappa shape index (κ2) is 7.92. The Hall–Kier alpha value is -3.03. The maximum absolute atomic E-state index is 12.4. The summed E-state index contributed by atoms with van der Waals surface area (Å²) in [7, 11) is -3.52. The Labute approximate surface area is 164 Å². The molecule has 7 heteroatoms. The van der Waals surface area contributed by atoms with Crippen LogP contribution in [0.4, 0.5) is 0 Å². The molecule has 2 N–H and O–H groups in total. The van der Waals surface area contributed by atoms with Crippen molar-refractivity contribution in [3.8, 4) is 11.1 Å². The lowest BCUT2D eigenvalue weighted by Gasteiger charge is -2.19. The van der Waals surface area contributed by atoms with Crippen LogP contribution >= 0.6 is 0 Å². The molecule has 1 aliphatic carbocycles. The molecule has 4 rings (SSSR count). The first-order chi connectivity index (χ1) is 13.6. The van der Waals surface area contributed by atoms with E-state index in [4.69, 9.17) is 0 Å². The van der Waals surface area contributed by atoms with Crippen molar-refractivity contribution in [3.63, 3.8) is 0 Å². The number of pyridine rings is 1. The van der Waals surface area contributed by atoms with Gasteiger partial charge in [-0.1, -0.05) is 42.0 Å². The zero-order chi connectivity index (χ0) is 19.4. The summed E-state index contributed by atoms with van der Waals surface area (Å²) < 4.78 is 27.6. The summed E-state index contributed by atoms with van der Waals surface area (Å²) in [5.74, 6) is 0.104. The highest BCUT2D eigenvalue weighted by atomic mass is 32.2. The van der Waals surface area contributed by atoms with Crippen LogP contribution in [-0.2, 0) is 10.0 Å². The number of aromatic nitrogens is 3. The van der Waals surface area contributed by atoms with Gasteiger partial charge in [-0.25, -0.2) is 13.1 Å². The second-order valence-electron chi connectivity index (χ2n) is 6.59. The molecule has 0 saturated carbocycles. The Morgan fingerprint density at radius 1 is 1.11 bits per heavy atom. The predicted octanol–water partition coefficient (Wildman–Crippen LogP) is 3.42. The van der Waals surface area contributed by atoms with Gasteiger partial charge in [-0.15, -0.1) is 0 Å².